The average Bonchev–Trinajstić information content (AvgIpc) is 2.47. The van der Waals surface area contributed by atoms with Crippen molar-refractivity contribution in [3.05, 3.63) is 53.9 Å². The Labute approximate surface area is 119 Å². The van der Waals surface area contributed by atoms with Crippen LogP contribution in [0.15, 0.2) is 42.7 Å². The van der Waals surface area contributed by atoms with Crippen LogP contribution in [0.4, 0.5) is 13.2 Å². The molecule has 0 amide bonds. The monoisotopic (exact) mass is 295 g/mol. The number of benzene rings is 1. The van der Waals surface area contributed by atoms with E-state index < -0.39 is 17.7 Å². The summed E-state index contributed by atoms with van der Waals surface area (Å²) in [6.45, 7) is 1.92. The van der Waals surface area contributed by atoms with Gasteiger partial charge in [-0.05, 0) is 36.2 Å². The summed E-state index contributed by atoms with van der Waals surface area (Å²) in [6, 6.07) is 7.08. The quantitative estimate of drug-likeness (QED) is 0.805. The first-order valence-corrected chi connectivity index (χ1v) is 6.22. The van der Waals surface area contributed by atoms with Crippen molar-refractivity contribution in [3.8, 4) is 11.1 Å². The number of hydrogen-bond donors (Lipinski definition) is 0. The van der Waals surface area contributed by atoms with Gasteiger partial charge in [0, 0.05) is 12.4 Å². The fraction of sp³-hybridized carbons (Fsp3) is 0.200. The maximum atomic E-state index is 12.9. The number of hydrogen-bond acceptors (Lipinski definition) is 3. The lowest BCUT2D eigenvalue weighted by Gasteiger charge is -2.12. The van der Waals surface area contributed by atoms with E-state index in [-0.39, 0.29) is 12.2 Å². The van der Waals surface area contributed by atoms with Crippen LogP contribution in [0.5, 0.6) is 0 Å². The Morgan fingerprint density at radius 1 is 1.19 bits per heavy atom. The number of carbonyl (C=O) groups excluding carboxylic acids is 1. The van der Waals surface area contributed by atoms with Crippen LogP contribution in [0.2, 0.25) is 0 Å². The second-order valence-electron chi connectivity index (χ2n) is 4.22. The van der Waals surface area contributed by atoms with Crippen LogP contribution in [0.1, 0.15) is 22.8 Å². The van der Waals surface area contributed by atoms with E-state index in [0.717, 1.165) is 6.20 Å². The molecule has 0 saturated heterocycles. The highest BCUT2D eigenvalue weighted by atomic mass is 19.4. The SMILES string of the molecule is CCOC(=O)c1ccc(-c2ccncc2C(F)(F)F)cc1. The Kier molecular flexibility index (Phi) is 4.26. The van der Waals surface area contributed by atoms with Crippen molar-refractivity contribution in [1.82, 2.24) is 4.98 Å². The molecular formula is C15H12F3NO2. The van der Waals surface area contributed by atoms with Crippen LogP contribution in [0.25, 0.3) is 11.1 Å². The first-order valence-electron chi connectivity index (χ1n) is 6.22. The van der Waals surface area contributed by atoms with Gasteiger partial charge in [-0.1, -0.05) is 12.1 Å². The normalized spacial score (nSPS) is 11.2. The molecule has 0 fully saturated rings. The smallest absolute Gasteiger partial charge is 0.418 e. The van der Waals surface area contributed by atoms with Gasteiger partial charge in [-0.3, -0.25) is 4.98 Å². The minimum Gasteiger partial charge on any atom is -0.462 e. The van der Waals surface area contributed by atoms with Gasteiger partial charge in [-0.15, -0.1) is 0 Å². The first kappa shape index (κ1) is 15.0. The molecule has 6 heteroatoms. The molecule has 0 N–H and O–H groups in total. The van der Waals surface area contributed by atoms with Gasteiger partial charge in [0.25, 0.3) is 0 Å². The molecule has 21 heavy (non-hydrogen) atoms. The summed E-state index contributed by atoms with van der Waals surface area (Å²) in [7, 11) is 0. The third-order valence-corrected chi connectivity index (χ3v) is 2.83. The number of rotatable bonds is 3. The maximum Gasteiger partial charge on any atom is 0.418 e. The molecule has 0 spiro atoms. The van der Waals surface area contributed by atoms with E-state index >= 15 is 0 Å². The van der Waals surface area contributed by atoms with Crippen LogP contribution in [0, 0.1) is 0 Å². The van der Waals surface area contributed by atoms with E-state index in [0.29, 0.717) is 11.1 Å². The molecule has 0 aliphatic heterocycles. The number of ether oxygens (including phenoxy) is 1. The van der Waals surface area contributed by atoms with Crippen LogP contribution in [-0.4, -0.2) is 17.6 Å². The van der Waals surface area contributed by atoms with Crippen LogP contribution in [-0.2, 0) is 10.9 Å². The summed E-state index contributed by atoms with van der Waals surface area (Å²) >= 11 is 0. The van der Waals surface area contributed by atoms with Crippen molar-refractivity contribution < 1.29 is 22.7 Å². The van der Waals surface area contributed by atoms with Crippen molar-refractivity contribution in [1.29, 1.82) is 0 Å². The molecule has 1 aromatic heterocycles. The third-order valence-electron chi connectivity index (χ3n) is 2.83. The van der Waals surface area contributed by atoms with Gasteiger partial charge < -0.3 is 4.74 Å². The Hall–Kier alpha value is -2.37. The van der Waals surface area contributed by atoms with Crippen LogP contribution in [0.3, 0.4) is 0 Å². The number of carbonyl (C=O) groups is 1. The zero-order valence-corrected chi connectivity index (χ0v) is 11.1. The minimum atomic E-state index is -4.48. The predicted octanol–water partition coefficient (Wildman–Crippen LogP) is 3.94. The number of esters is 1. The lowest BCUT2D eigenvalue weighted by Crippen LogP contribution is -2.08. The van der Waals surface area contributed by atoms with E-state index in [1.807, 2.05) is 0 Å². The molecule has 0 atom stereocenters. The molecule has 3 nitrogen and oxygen atoms in total. The van der Waals surface area contributed by atoms with Crippen molar-refractivity contribution in [3.63, 3.8) is 0 Å². The van der Waals surface area contributed by atoms with Crippen LogP contribution >= 0.6 is 0 Å². The number of halogens is 3. The molecule has 0 radical (unpaired) electrons. The van der Waals surface area contributed by atoms with E-state index in [1.54, 1.807) is 6.92 Å². The maximum absolute atomic E-state index is 12.9. The number of pyridine rings is 1. The van der Waals surface area contributed by atoms with Gasteiger partial charge in [0.1, 0.15) is 0 Å². The summed E-state index contributed by atoms with van der Waals surface area (Å²) in [5, 5.41) is 0. The molecule has 0 unspecified atom stereocenters. The van der Waals surface area contributed by atoms with Gasteiger partial charge in [0.15, 0.2) is 0 Å². The predicted molar refractivity (Wildman–Crippen MR) is 70.6 cm³/mol. The topological polar surface area (TPSA) is 39.2 Å². The zero-order valence-electron chi connectivity index (χ0n) is 11.1. The van der Waals surface area contributed by atoms with Gasteiger partial charge in [0.2, 0.25) is 0 Å². The van der Waals surface area contributed by atoms with Crippen molar-refractivity contribution >= 4 is 5.97 Å². The lowest BCUT2D eigenvalue weighted by atomic mass is 10.0. The van der Waals surface area contributed by atoms with Crippen LogP contribution < -0.4 is 0 Å². The molecule has 110 valence electrons. The Bertz CT molecular complexity index is 636. The fourth-order valence-corrected chi connectivity index (χ4v) is 1.87. The van der Waals surface area contributed by atoms with E-state index in [4.69, 9.17) is 4.74 Å². The Morgan fingerprint density at radius 3 is 2.43 bits per heavy atom. The average molecular weight is 295 g/mol. The molecule has 0 bridgehead atoms. The Morgan fingerprint density at radius 2 is 1.86 bits per heavy atom. The highest BCUT2D eigenvalue weighted by Gasteiger charge is 2.33. The second kappa shape index (κ2) is 5.95. The van der Waals surface area contributed by atoms with E-state index in [9.17, 15) is 18.0 Å². The zero-order chi connectivity index (χ0) is 15.5. The molecule has 0 aliphatic rings. The van der Waals surface area contributed by atoms with Gasteiger partial charge in [-0.2, -0.15) is 13.2 Å². The number of nitrogens with zero attached hydrogens (tertiary/aromatic N) is 1. The molecular weight excluding hydrogens is 283 g/mol. The van der Waals surface area contributed by atoms with E-state index in [1.165, 1.54) is 36.5 Å². The largest absolute Gasteiger partial charge is 0.462 e. The molecule has 0 saturated carbocycles. The van der Waals surface area contributed by atoms with Crippen molar-refractivity contribution in [2.75, 3.05) is 6.61 Å². The lowest BCUT2D eigenvalue weighted by molar-refractivity contribution is -0.137. The second-order valence-corrected chi connectivity index (χ2v) is 4.22. The summed E-state index contributed by atoms with van der Waals surface area (Å²) < 4.78 is 43.6. The van der Waals surface area contributed by atoms with Gasteiger partial charge in [0.05, 0.1) is 17.7 Å². The summed E-state index contributed by atoms with van der Waals surface area (Å²) in [5.41, 5.74) is -0.136. The highest BCUT2D eigenvalue weighted by molar-refractivity contribution is 5.90. The Balaban J connectivity index is 2.38. The molecule has 2 aromatic rings. The molecule has 1 heterocycles. The van der Waals surface area contributed by atoms with Crippen molar-refractivity contribution in [2.45, 2.75) is 13.1 Å². The summed E-state index contributed by atoms with van der Waals surface area (Å²) in [4.78, 5) is 15.0. The number of aromatic nitrogens is 1. The number of alkyl halides is 3. The molecule has 0 aliphatic carbocycles. The summed E-state index contributed by atoms with van der Waals surface area (Å²) in [5.74, 6) is -0.505. The van der Waals surface area contributed by atoms with Gasteiger partial charge >= 0.3 is 12.1 Å². The van der Waals surface area contributed by atoms with Crippen molar-refractivity contribution in [2.24, 2.45) is 0 Å². The first-order chi connectivity index (χ1) is 9.93. The fourth-order valence-electron chi connectivity index (χ4n) is 1.87. The molecule has 1 aromatic carbocycles. The van der Waals surface area contributed by atoms with Gasteiger partial charge in [-0.25, -0.2) is 4.79 Å². The highest BCUT2D eigenvalue weighted by Crippen LogP contribution is 2.36. The van der Waals surface area contributed by atoms with E-state index in [2.05, 4.69) is 4.98 Å². The molecule has 2 rings (SSSR count). The summed E-state index contributed by atoms with van der Waals surface area (Å²) in [6.07, 6.45) is -2.40. The minimum absolute atomic E-state index is 0.0212. The standard InChI is InChI=1S/C15H12F3NO2/c1-2-21-14(20)11-5-3-10(4-6-11)12-7-8-19-9-13(12)15(16,17)18/h3-9H,2H2,1H3. The third kappa shape index (κ3) is 3.39.